The molecule has 2 atom stereocenters. The Labute approximate surface area is 177 Å². The summed E-state index contributed by atoms with van der Waals surface area (Å²) in [6, 6.07) is 8.63. The van der Waals surface area contributed by atoms with Crippen molar-refractivity contribution in [2.24, 2.45) is 0 Å². The number of aromatic nitrogens is 2. The van der Waals surface area contributed by atoms with Gasteiger partial charge in [0.25, 0.3) is 11.1 Å². The quantitative estimate of drug-likeness (QED) is 0.627. The van der Waals surface area contributed by atoms with Crippen LogP contribution in [-0.2, 0) is 16.8 Å². The molecule has 6 nitrogen and oxygen atoms in total. The van der Waals surface area contributed by atoms with E-state index in [1.54, 1.807) is 0 Å². The normalized spacial score (nSPS) is 20.0. The van der Waals surface area contributed by atoms with Crippen molar-refractivity contribution in [3.05, 3.63) is 35.7 Å². The lowest BCUT2D eigenvalue weighted by Gasteiger charge is -2.39. The molecule has 0 spiro atoms. The number of amides is 1. The molecule has 1 aliphatic rings. The summed E-state index contributed by atoms with van der Waals surface area (Å²) < 4.78 is 11.4. The number of hydrogen-bond acceptors (Lipinski definition) is 6. The van der Waals surface area contributed by atoms with Crippen LogP contribution >= 0.6 is 11.8 Å². The zero-order chi connectivity index (χ0) is 21.0. The van der Waals surface area contributed by atoms with E-state index >= 15 is 0 Å². The van der Waals surface area contributed by atoms with Gasteiger partial charge in [-0.2, -0.15) is 0 Å². The fourth-order valence-corrected chi connectivity index (χ4v) is 4.31. The fraction of sp³-hybridized carbons (Fsp3) is 0.591. The Morgan fingerprint density at radius 3 is 2.45 bits per heavy atom. The van der Waals surface area contributed by atoms with E-state index in [-0.39, 0.29) is 17.9 Å². The minimum Gasteiger partial charge on any atom is -0.484 e. The smallest absolute Gasteiger partial charge is 0.277 e. The molecule has 0 N–H and O–H groups in total. The SMILES string of the molecule is C[C@H]1CCC[C@H](C)N1C(=O)CSc1nnc(COc2ccc(C(C)(C)C)cc2)o1. The van der Waals surface area contributed by atoms with Crippen LogP contribution in [0.1, 0.15) is 65.3 Å². The summed E-state index contributed by atoms with van der Waals surface area (Å²) in [6.45, 7) is 11.0. The maximum absolute atomic E-state index is 12.6. The van der Waals surface area contributed by atoms with Gasteiger partial charge in [0.2, 0.25) is 5.91 Å². The molecule has 1 aromatic heterocycles. The van der Waals surface area contributed by atoms with Crippen LogP contribution in [0.2, 0.25) is 0 Å². The third kappa shape index (κ3) is 5.75. The summed E-state index contributed by atoms with van der Waals surface area (Å²) in [6.07, 6.45) is 3.32. The molecule has 0 bridgehead atoms. The summed E-state index contributed by atoms with van der Waals surface area (Å²) in [4.78, 5) is 14.6. The van der Waals surface area contributed by atoms with Crippen LogP contribution in [0.4, 0.5) is 0 Å². The summed E-state index contributed by atoms with van der Waals surface area (Å²) in [5, 5.41) is 8.45. The van der Waals surface area contributed by atoms with Crippen LogP contribution in [0.3, 0.4) is 0 Å². The van der Waals surface area contributed by atoms with Gasteiger partial charge in [0.05, 0.1) is 5.75 Å². The second-order valence-corrected chi connectivity index (χ2v) is 9.67. The molecule has 29 heavy (non-hydrogen) atoms. The van der Waals surface area contributed by atoms with Crippen LogP contribution < -0.4 is 4.74 Å². The van der Waals surface area contributed by atoms with Gasteiger partial charge in [-0.25, -0.2) is 0 Å². The Hall–Kier alpha value is -2.02. The highest BCUT2D eigenvalue weighted by atomic mass is 32.2. The highest BCUT2D eigenvalue weighted by molar-refractivity contribution is 7.99. The van der Waals surface area contributed by atoms with Gasteiger partial charge in [-0.05, 0) is 56.2 Å². The fourth-order valence-electron chi connectivity index (χ4n) is 3.66. The second kappa shape index (κ2) is 9.20. The predicted molar refractivity (Wildman–Crippen MR) is 114 cm³/mol. The number of rotatable bonds is 6. The summed E-state index contributed by atoms with van der Waals surface area (Å²) in [5.74, 6) is 1.60. The Balaban J connectivity index is 1.49. The van der Waals surface area contributed by atoms with Gasteiger partial charge in [0.15, 0.2) is 6.61 Å². The Kier molecular flexibility index (Phi) is 6.88. The summed E-state index contributed by atoms with van der Waals surface area (Å²) in [7, 11) is 0. The molecule has 7 heteroatoms. The summed E-state index contributed by atoms with van der Waals surface area (Å²) >= 11 is 1.29. The van der Waals surface area contributed by atoms with Crippen LogP contribution in [0.15, 0.2) is 33.9 Å². The highest BCUT2D eigenvalue weighted by Gasteiger charge is 2.29. The van der Waals surface area contributed by atoms with Gasteiger partial charge in [-0.3, -0.25) is 4.79 Å². The maximum atomic E-state index is 12.6. The minimum atomic E-state index is 0.109. The predicted octanol–water partition coefficient (Wildman–Crippen LogP) is 4.83. The van der Waals surface area contributed by atoms with Gasteiger partial charge in [-0.1, -0.05) is 44.7 Å². The first kappa shape index (κ1) is 21.7. The first-order valence-corrected chi connectivity index (χ1v) is 11.2. The number of thioether (sulfide) groups is 1. The molecule has 1 saturated heterocycles. The zero-order valence-corrected chi connectivity index (χ0v) is 18.8. The molecule has 1 aliphatic heterocycles. The highest BCUT2D eigenvalue weighted by Crippen LogP contribution is 2.26. The second-order valence-electron chi connectivity index (χ2n) is 8.74. The van der Waals surface area contributed by atoms with Crippen LogP contribution in [0.5, 0.6) is 5.75 Å². The van der Waals surface area contributed by atoms with Crippen molar-refractivity contribution < 1.29 is 13.9 Å². The van der Waals surface area contributed by atoms with Crippen molar-refractivity contribution >= 4 is 17.7 Å². The average molecular weight is 418 g/mol. The van der Waals surface area contributed by atoms with E-state index in [4.69, 9.17) is 9.15 Å². The number of piperidine rings is 1. The number of likely N-dealkylation sites (tertiary alicyclic amines) is 1. The lowest BCUT2D eigenvalue weighted by molar-refractivity contribution is -0.134. The number of carbonyl (C=O) groups excluding carboxylic acids is 1. The molecule has 3 rings (SSSR count). The molecule has 0 radical (unpaired) electrons. The third-order valence-corrected chi connectivity index (χ3v) is 6.13. The largest absolute Gasteiger partial charge is 0.484 e. The number of carbonyl (C=O) groups is 1. The van der Waals surface area contributed by atoms with Crippen molar-refractivity contribution in [1.29, 1.82) is 0 Å². The van der Waals surface area contributed by atoms with Crippen LogP contribution in [-0.4, -0.2) is 38.8 Å². The van der Waals surface area contributed by atoms with Gasteiger partial charge >= 0.3 is 0 Å². The van der Waals surface area contributed by atoms with Crippen molar-refractivity contribution in [3.63, 3.8) is 0 Å². The molecule has 2 heterocycles. The number of hydrogen-bond donors (Lipinski definition) is 0. The van der Waals surface area contributed by atoms with Gasteiger partial charge < -0.3 is 14.1 Å². The van der Waals surface area contributed by atoms with Gasteiger partial charge in [-0.15, -0.1) is 10.2 Å². The van der Waals surface area contributed by atoms with Crippen LogP contribution in [0.25, 0.3) is 0 Å². The number of benzene rings is 1. The lowest BCUT2D eigenvalue weighted by atomic mass is 9.87. The van der Waals surface area contributed by atoms with Gasteiger partial charge in [0, 0.05) is 12.1 Å². The third-order valence-electron chi connectivity index (χ3n) is 5.33. The van der Waals surface area contributed by atoms with E-state index in [1.807, 2.05) is 17.0 Å². The van der Waals surface area contributed by atoms with Crippen molar-refractivity contribution in [2.75, 3.05) is 5.75 Å². The van der Waals surface area contributed by atoms with Crippen molar-refractivity contribution in [3.8, 4) is 5.75 Å². The average Bonchev–Trinajstić information content (AvgIpc) is 3.12. The van der Waals surface area contributed by atoms with Crippen molar-refractivity contribution in [2.45, 2.75) is 83.2 Å². The monoisotopic (exact) mass is 417 g/mol. The molecule has 0 unspecified atom stereocenters. The van der Waals surface area contributed by atoms with E-state index in [0.29, 0.717) is 29.0 Å². The van der Waals surface area contributed by atoms with Crippen molar-refractivity contribution in [1.82, 2.24) is 15.1 Å². The number of ether oxygens (including phenoxy) is 1. The number of nitrogens with zero attached hydrogens (tertiary/aromatic N) is 3. The molecule has 0 aliphatic carbocycles. The molecule has 1 fully saturated rings. The standard InChI is InChI=1S/C22H31N3O3S/c1-15-7-6-8-16(2)25(15)20(26)14-29-21-24-23-19(28-21)13-27-18-11-9-17(10-12-18)22(3,4)5/h9-12,15-16H,6-8,13-14H2,1-5H3/t15-,16-/m0/s1. The molecular weight excluding hydrogens is 386 g/mol. The topological polar surface area (TPSA) is 68.5 Å². The molecule has 1 amide bonds. The van der Waals surface area contributed by atoms with Crippen LogP contribution in [0, 0.1) is 0 Å². The maximum Gasteiger partial charge on any atom is 0.277 e. The molecule has 2 aromatic rings. The summed E-state index contributed by atoms with van der Waals surface area (Å²) in [5.41, 5.74) is 1.36. The minimum absolute atomic E-state index is 0.109. The molecule has 158 valence electrons. The molecular formula is C22H31N3O3S. The van der Waals surface area contributed by atoms with E-state index in [0.717, 1.165) is 18.6 Å². The van der Waals surface area contributed by atoms with Gasteiger partial charge in [0.1, 0.15) is 5.75 Å². The van der Waals surface area contributed by atoms with E-state index in [1.165, 1.54) is 23.7 Å². The van der Waals surface area contributed by atoms with E-state index in [9.17, 15) is 4.79 Å². The Morgan fingerprint density at radius 2 is 1.83 bits per heavy atom. The van der Waals surface area contributed by atoms with E-state index < -0.39 is 0 Å². The van der Waals surface area contributed by atoms with E-state index in [2.05, 4.69) is 56.9 Å². The zero-order valence-electron chi connectivity index (χ0n) is 18.0. The Bertz CT molecular complexity index is 803. The molecule has 1 aromatic carbocycles. The molecule has 0 saturated carbocycles. The first-order chi connectivity index (χ1) is 13.7. The first-order valence-electron chi connectivity index (χ1n) is 10.2. The Morgan fingerprint density at radius 1 is 1.17 bits per heavy atom. The lowest BCUT2D eigenvalue weighted by Crippen LogP contribution is -2.48.